The Hall–Kier alpha value is -4.33. The maximum absolute atomic E-state index is 12.5. The van der Waals surface area contributed by atoms with Gasteiger partial charge < -0.3 is 5.32 Å². The topological polar surface area (TPSA) is 96.7 Å². The molecule has 8 nitrogen and oxygen atoms in total. The average molecular weight is 397 g/mol. The number of hydrogen-bond donors (Lipinski definition) is 1. The van der Waals surface area contributed by atoms with Crippen molar-refractivity contribution in [2.75, 3.05) is 11.9 Å². The van der Waals surface area contributed by atoms with E-state index in [1.165, 1.54) is 0 Å². The zero-order valence-corrected chi connectivity index (χ0v) is 15.6. The Balaban J connectivity index is 1.33. The molecule has 30 heavy (non-hydrogen) atoms. The molecule has 2 aromatic carbocycles. The summed E-state index contributed by atoms with van der Waals surface area (Å²) >= 11 is 0. The van der Waals surface area contributed by atoms with Gasteiger partial charge in [-0.2, -0.15) is 0 Å². The van der Waals surface area contributed by atoms with Crippen LogP contribution in [-0.2, 0) is 4.79 Å². The monoisotopic (exact) mass is 397 g/mol. The van der Waals surface area contributed by atoms with Crippen molar-refractivity contribution in [1.82, 2.24) is 19.3 Å². The second kappa shape index (κ2) is 6.93. The number of amides is 3. The summed E-state index contributed by atoms with van der Waals surface area (Å²) in [5.74, 6) is -0.806. The first-order chi connectivity index (χ1) is 14.6. The summed E-state index contributed by atoms with van der Waals surface area (Å²) < 4.78 is 1.81. The summed E-state index contributed by atoms with van der Waals surface area (Å²) in [7, 11) is 0. The predicted molar refractivity (Wildman–Crippen MR) is 109 cm³/mol. The molecule has 0 atom stereocenters. The van der Waals surface area contributed by atoms with Crippen molar-refractivity contribution in [2.45, 2.75) is 0 Å². The van der Waals surface area contributed by atoms with E-state index in [1.807, 2.05) is 28.9 Å². The number of hydrogen-bond acceptors (Lipinski definition) is 5. The van der Waals surface area contributed by atoms with Gasteiger partial charge in [-0.15, -0.1) is 0 Å². The Morgan fingerprint density at radius 2 is 1.73 bits per heavy atom. The van der Waals surface area contributed by atoms with Gasteiger partial charge >= 0.3 is 0 Å². The van der Waals surface area contributed by atoms with Crippen LogP contribution in [0.15, 0.2) is 73.2 Å². The van der Waals surface area contributed by atoms with Crippen LogP contribution in [0.4, 0.5) is 5.69 Å². The lowest BCUT2D eigenvalue weighted by molar-refractivity contribution is -0.116. The fraction of sp³-hybridized carbons (Fsp3) is 0.0455. The molecule has 1 N–H and O–H groups in total. The molecule has 5 rings (SSSR count). The number of aromatic nitrogens is 3. The molecule has 1 aliphatic heterocycles. The highest BCUT2D eigenvalue weighted by Crippen LogP contribution is 2.24. The highest BCUT2D eigenvalue weighted by atomic mass is 16.2. The third-order valence-corrected chi connectivity index (χ3v) is 4.86. The van der Waals surface area contributed by atoms with E-state index in [0.717, 1.165) is 10.5 Å². The minimum Gasteiger partial charge on any atom is -0.325 e. The van der Waals surface area contributed by atoms with E-state index in [4.69, 9.17) is 0 Å². The average Bonchev–Trinajstić information content (AvgIpc) is 3.30. The van der Waals surface area contributed by atoms with Crippen molar-refractivity contribution in [3.05, 3.63) is 84.3 Å². The SMILES string of the molecule is O=C(CN1C(=O)c2ccccc2C1=O)Nc1cccc(-c2cn3cccnc3n2)c1. The predicted octanol–water partition coefficient (Wildman–Crippen LogP) is 2.63. The number of anilines is 1. The van der Waals surface area contributed by atoms with Crippen LogP contribution in [0.2, 0.25) is 0 Å². The van der Waals surface area contributed by atoms with E-state index in [9.17, 15) is 14.4 Å². The Bertz CT molecular complexity index is 1260. The highest BCUT2D eigenvalue weighted by molar-refractivity contribution is 6.22. The zero-order valence-electron chi connectivity index (χ0n) is 15.6. The van der Waals surface area contributed by atoms with Gasteiger partial charge in [0.15, 0.2) is 0 Å². The molecule has 0 saturated heterocycles. The molecule has 0 aliphatic carbocycles. The highest BCUT2D eigenvalue weighted by Gasteiger charge is 2.36. The van der Waals surface area contributed by atoms with E-state index in [-0.39, 0.29) is 6.54 Å². The Kier molecular flexibility index (Phi) is 4.10. The maximum atomic E-state index is 12.5. The van der Waals surface area contributed by atoms with E-state index in [0.29, 0.717) is 28.3 Å². The number of benzene rings is 2. The van der Waals surface area contributed by atoms with E-state index >= 15 is 0 Å². The number of carbonyl (C=O) groups excluding carboxylic acids is 3. The quantitative estimate of drug-likeness (QED) is 0.534. The normalized spacial score (nSPS) is 13.0. The molecule has 4 aromatic rings. The van der Waals surface area contributed by atoms with Crippen molar-refractivity contribution in [1.29, 1.82) is 0 Å². The van der Waals surface area contributed by atoms with Gasteiger partial charge in [-0.25, -0.2) is 9.97 Å². The molecule has 0 bridgehead atoms. The lowest BCUT2D eigenvalue weighted by atomic mass is 10.1. The van der Waals surface area contributed by atoms with Crippen molar-refractivity contribution < 1.29 is 14.4 Å². The molecule has 146 valence electrons. The number of rotatable bonds is 4. The molecule has 0 saturated carbocycles. The number of nitrogens with one attached hydrogen (secondary N) is 1. The van der Waals surface area contributed by atoms with Crippen LogP contribution in [0, 0.1) is 0 Å². The molecule has 0 radical (unpaired) electrons. The van der Waals surface area contributed by atoms with Gasteiger partial charge in [-0.1, -0.05) is 24.3 Å². The number of nitrogens with zero attached hydrogens (tertiary/aromatic N) is 4. The second-order valence-electron chi connectivity index (χ2n) is 6.82. The van der Waals surface area contributed by atoms with Gasteiger partial charge in [0.25, 0.3) is 11.8 Å². The summed E-state index contributed by atoms with van der Waals surface area (Å²) in [5, 5.41) is 2.75. The van der Waals surface area contributed by atoms with Crippen LogP contribution in [0.25, 0.3) is 17.0 Å². The Morgan fingerprint density at radius 3 is 2.47 bits per heavy atom. The van der Waals surface area contributed by atoms with Crippen LogP contribution >= 0.6 is 0 Å². The van der Waals surface area contributed by atoms with E-state index in [2.05, 4.69) is 15.3 Å². The first kappa shape index (κ1) is 17.7. The molecular weight excluding hydrogens is 382 g/mol. The molecule has 8 heteroatoms. The van der Waals surface area contributed by atoms with Crippen LogP contribution in [0.3, 0.4) is 0 Å². The van der Waals surface area contributed by atoms with Crippen molar-refractivity contribution in [2.24, 2.45) is 0 Å². The van der Waals surface area contributed by atoms with Gasteiger partial charge in [0.05, 0.1) is 16.8 Å². The minimum absolute atomic E-state index is 0.317. The summed E-state index contributed by atoms with van der Waals surface area (Å²) in [6, 6.07) is 15.5. The molecule has 0 unspecified atom stereocenters. The lowest BCUT2D eigenvalue weighted by Gasteiger charge is -2.14. The number of carbonyl (C=O) groups is 3. The van der Waals surface area contributed by atoms with E-state index in [1.54, 1.807) is 48.7 Å². The molecule has 3 heterocycles. The minimum atomic E-state index is -0.461. The van der Waals surface area contributed by atoms with Crippen LogP contribution in [0.5, 0.6) is 0 Å². The molecule has 0 spiro atoms. The smallest absolute Gasteiger partial charge is 0.262 e. The number of imide groups is 1. The molecule has 0 fully saturated rings. The fourth-order valence-corrected chi connectivity index (χ4v) is 3.45. The Labute approximate surface area is 170 Å². The van der Waals surface area contributed by atoms with Gasteiger partial charge in [-0.05, 0) is 30.3 Å². The fourth-order valence-electron chi connectivity index (χ4n) is 3.45. The summed E-state index contributed by atoms with van der Waals surface area (Å²) in [6.07, 6.45) is 5.37. The van der Waals surface area contributed by atoms with Crippen LogP contribution < -0.4 is 5.32 Å². The van der Waals surface area contributed by atoms with Crippen molar-refractivity contribution in [3.63, 3.8) is 0 Å². The largest absolute Gasteiger partial charge is 0.325 e. The van der Waals surface area contributed by atoms with Gasteiger partial charge in [0, 0.05) is 29.8 Å². The summed E-state index contributed by atoms with van der Waals surface area (Å²) in [5.41, 5.74) is 2.69. The molecular formula is C22H15N5O3. The first-order valence-electron chi connectivity index (χ1n) is 9.25. The molecule has 3 amide bonds. The summed E-state index contributed by atoms with van der Waals surface area (Å²) in [6.45, 7) is -0.352. The Morgan fingerprint density at radius 1 is 0.967 bits per heavy atom. The molecule has 2 aromatic heterocycles. The van der Waals surface area contributed by atoms with Crippen molar-refractivity contribution >= 4 is 29.2 Å². The van der Waals surface area contributed by atoms with Gasteiger partial charge in [-0.3, -0.25) is 23.7 Å². The number of fused-ring (bicyclic) bond motifs is 2. The van der Waals surface area contributed by atoms with Crippen LogP contribution in [0.1, 0.15) is 20.7 Å². The third kappa shape index (κ3) is 3.00. The van der Waals surface area contributed by atoms with Crippen LogP contribution in [-0.4, -0.2) is 43.5 Å². The second-order valence-corrected chi connectivity index (χ2v) is 6.82. The van der Waals surface area contributed by atoms with Crippen molar-refractivity contribution in [3.8, 4) is 11.3 Å². The third-order valence-electron chi connectivity index (χ3n) is 4.86. The summed E-state index contributed by atoms with van der Waals surface area (Å²) in [4.78, 5) is 47.0. The lowest BCUT2D eigenvalue weighted by Crippen LogP contribution is -2.37. The van der Waals surface area contributed by atoms with Gasteiger partial charge in [0.2, 0.25) is 11.7 Å². The maximum Gasteiger partial charge on any atom is 0.262 e. The standard InChI is InChI=1S/C22H15N5O3/c28-19(13-27-20(29)16-7-1-2-8-17(16)21(27)30)24-15-6-3-5-14(11-15)18-12-26-10-4-9-23-22(26)25-18/h1-12H,13H2,(H,24,28). The van der Waals surface area contributed by atoms with E-state index < -0.39 is 17.7 Å². The first-order valence-corrected chi connectivity index (χ1v) is 9.25. The molecule has 1 aliphatic rings. The number of imidazole rings is 1. The zero-order chi connectivity index (χ0) is 20.7. The van der Waals surface area contributed by atoms with Gasteiger partial charge in [0.1, 0.15) is 6.54 Å².